The molecule has 0 spiro atoms. The Morgan fingerprint density at radius 2 is 1.95 bits per heavy atom. The number of hydrogen-bond donors (Lipinski definition) is 2. The number of methoxy groups -OCH3 is 3. The Morgan fingerprint density at radius 3 is 2.58 bits per heavy atom. The highest BCUT2D eigenvalue weighted by Gasteiger charge is 2.42. The normalized spacial score (nSPS) is 16.5. The number of nitriles is 1. The van der Waals surface area contributed by atoms with Crippen LogP contribution in [0.4, 0.5) is 10.9 Å². The molecule has 0 fully saturated rings. The number of benzene rings is 1. The van der Waals surface area contributed by atoms with E-state index in [1.54, 1.807) is 29.2 Å². The number of nitrogens with zero attached hydrogens (tertiary/aromatic N) is 5. The predicted molar refractivity (Wildman–Crippen MR) is 163 cm³/mol. The van der Waals surface area contributed by atoms with Crippen LogP contribution in [-0.4, -0.2) is 54.0 Å². The highest BCUT2D eigenvalue weighted by atomic mass is 35.5. The van der Waals surface area contributed by atoms with Gasteiger partial charge in [0, 0.05) is 23.9 Å². The Kier molecular flexibility index (Phi) is 9.05. The molecule has 12 nitrogen and oxygen atoms in total. The second-order valence-corrected chi connectivity index (χ2v) is 11.9. The second kappa shape index (κ2) is 12.9. The Morgan fingerprint density at radius 1 is 1.21 bits per heavy atom. The summed E-state index contributed by atoms with van der Waals surface area (Å²) in [6.45, 7) is 0. The van der Waals surface area contributed by atoms with Crippen LogP contribution in [-0.2, 0) is 9.59 Å². The zero-order chi connectivity index (χ0) is 30.7. The molecule has 0 saturated heterocycles. The predicted octanol–water partition coefficient (Wildman–Crippen LogP) is 4.65. The van der Waals surface area contributed by atoms with Crippen molar-refractivity contribution in [3.8, 4) is 23.3 Å². The molecule has 0 radical (unpaired) electrons. The molecule has 43 heavy (non-hydrogen) atoms. The fourth-order valence-corrected chi connectivity index (χ4v) is 6.81. The molecular weight excluding hydrogens is 614 g/mol. The van der Waals surface area contributed by atoms with Crippen LogP contribution >= 0.6 is 34.7 Å². The van der Waals surface area contributed by atoms with Gasteiger partial charge in [-0.05, 0) is 42.7 Å². The fourth-order valence-electron chi connectivity index (χ4n) is 5.01. The van der Waals surface area contributed by atoms with Crippen LogP contribution in [0.1, 0.15) is 30.7 Å². The molecule has 0 bridgehead atoms. The molecule has 1 aliphatic heterocycles. The number of halogens is 1. The fraction of sp³-hybridized carbons (Fsp3) is 0.286. The van der Waals surface area contributed by atoms with Gasteiger partial charge in [-0.25, -0.2) is 4.98 Å². The summed E-state index contributed by atoms with van der Waals surface area (Å²) in [6.07, 6.45) is 2.93. The molecule has 1 atom stereocenters. The number of Topliss-reactive ketones (excluding diaryl/α,β-unsaturated/α-hetero) is 1. The molecule has 3 aromatic rings. The molecule has 2 aliphatic rings. The third-order valence-electron chi connectivity index (χ3n) is 6.84. The van der Waals surface area contributed by atoms with E-state index in [9.17, 15) is 14.9 Å². The highest BCUT2D eigenvalue weighted by Crippen LogP contribution is 2.50. The maximum atomic E-state index is 13.5. The van der Waals surface area contributed by atoms with E-state index in [0.717, 1.165) is 0 Å². The van der Waals surface area contributed by atoms with Gasteiger partial charge in [0.25, 0.3) is 0 Å². The molecule has 1 aromatic carbocycles. The average Bonchev–Trinajstić information content (AvgIpc) is 3.48. The van der Waals surface area contributed by atoms with Gasteiger partial charge < -0.3 is 25.3 Å². The molecule has 3 N–H and O–H groups in total. The van der Waals surface area contributed by atoms with Gasteiger partial charge in [-0.15, -0.1) is 10.2 Å². The van der Waals surface area contributed by atoms with Crippen molar-refractivity contribution >= 4 is 57.3 Å². The quantitative estimate of drug-likeness (QED) is 0.312. The minimum absolute atomic E-state index is 0.0589. The number of rotatable bonds is 9. The number of amides is 1. The van der Waals surface area contributed by atoms with E-state index < -0.39 is 5.92 Å². The summed E-state index contributed by atoms with van der Waals surface area (Å²) in [5.41, 5.74) is 8.58. The summed E-state index contributed by atoms with van der Waals surface area (Å²) < 4.78 is 17.0. The number of nitrogens with two attached hydrogens (primary N) is 1. The zero-order valence-corrected chi connectivity index (χ0v) is 25.7. The number of pyridine rings is 1. The van der Waals surface area contributed by atoms with E-state index in [1.165, 1.54) is 50.6 Å². The van der Waals surface area contributed by atoms with E-state index in [2.05, 4.69) is 26.6 Å². The average molecular weight is 640 g/mol. The first-order valence-electron chi connectivity index (χ1n) is 12.9. The lowest BCUT2D eigenvalue weighted by Gasteiger charge is -2.38. The van der Waals surface area contributed by atoms with Gasteiger partial charge in [-0.1, -0.05) is 34.7 Å². The van der Waals surface area contributed by atoms with Gasteiger partial charge in [-0.2, -0.15) is 5.26 Å². The standard InChI is InChI=1S/C28H26ClN7O5S2/c1-39-19-9-14(10-20(40-2)25(19)41-3)23-16(11-30)26(31)36(17-5-4-6-18(37)24(17)23)27-34-35-28(43-27)42-13-22(38)33-21-8-7-15(29)12-32-21/h7-10,12,23H,4-6,13,31H2,1-3H3,(H,32,33,38). The van der Waals surface area contributed by atoms with Crippen molar-refractivity contribution in [2.75, 3.05) is 37.3 Å². The molecule has 15 heteroatoms. The van der Waals surface area contributed by atoms with Gasteiger partial charge in [0.2, 0.25) is 16.8 Å². The summed E-state index contributed by atoms with van der Waals surface area (Å²) in [5, 5.41) is 22.4. The minimum Gasteiger partial charge on any atom is -0.493 e. The maximum absolute atomic E-state index is 13.5. The smallest absolute Gasteiger partial charge is 0.235 e. The van der Waals surface area contributed by atoms with Crippen molar-refractivity contribution in [1.29, 1.82) is 5.26 Å². The summed E-state index contributed by atoms with van der Waals surface area (Å²) >= 11 is 8.24. The molecular formula is C28H26ClN7O5S2. The van der Waals surface area contributed by atoms with Gasteiger partial charge in [0.05, 0.1) is 49.7 Å². The van der Waals surface area contributed by atoms with Crippen molar-refractivity contribution in [3.63, 3.8) is 0 Å². The van der Waals surface area contributed by atoms with Crippen molar-refractivity contribution in [1.82, 2.24) is 15.2 Å². The number of ether oxygens (including phenoxy) is 3. The first-order valence-corrected chi connectivity index (χ1v) is 15.1. The summed E-state index contributed by atoms with van der Waals surface area (Å²) in [5.74, 6) is 0.648. The molecule has 3 heterocycles. The number of anilines is 2. The molecule has 1 aliphatic carbocycles. The van der Waals surface area contributed by atoms with Crippen LogP contribution < -0.4 is 30.2 Å². The van der Waals surface area contributed by atoms with E-state index in [-0.39, 0.29) is 28.8 Å². The number of carbonyl (C=O) groups is 2. The van der Waals surface area contributed by atoms with Gasteiger partial charge in [0.1, 0.15) is 11.6 Å². The number of allylic oxidation sites excluding steroid dienone is 3. The van der Waals surface area contributed by atoms with Crippen LogP contribution in [0.2, 0.25) is 5.02 Å². The number of nitrogens with one attached hydrogen (secondary N) is 1. The third-order valence-corrected chi connectivity index (χ3v) is 9.11. The number of aromatic nitrogens is 3. The van der Waals surface area contributed by atoms with Crippen LogP contribution in [0.15, 0.2) is 57.5 Å². The van der Waals surface area contributed by atoms with Gasteiger partial charge >= 0.3 is 0 Å². The van der Waals surface area contributed by atoms with Gasteiger partial charge in [0.15, 0.2) is 21.6 Å². The van der Waals surface area contributed by atoms with E-state index in [4.69, 9.17) is 31.5 Å². The first kappa shape index (κ1) is 30.1. The van der Waals surface area contributed by atoms with E-state index in [0.29, 0.717) is 73.7 Å². The monoisotopic (exact) mass is 639 g/mol. The maximum Gasteiger partial charge on any atom is 0.235 e. The number of thioether (sulfide) groups is 1. The van der Waals surface area contributed by atoms with Crippen molar-refractivity contribution in [2.45, 2.75) is 29.5 Å². The highest BCUT2D eigenvalue weighted by molar-refractivity contribution is 8.01. The third kappa shape index (κ3) is 5.96. The van der Waals surface area contributed by atoms with Crippen LogP contribution in [0.25, 0.3) is 0 Å². The van der Waals surface area contributed by atoms with Crippen LogP contribution in [0.3, 0.4) is 0 Å². The zero-order valence-electron chi connectivity index (χ0n) is 23.3. The molecule has 2 aromatic heterocycles. The number of carbonyl (C=O) groups excluding carboxylic acids is 2. The molecule has 222 valence electrons. The van der Waals surface area contributed by atoms with Crippen LogP contribution in [0, 0.1) is 11.3 Å². The molecule has 0 saturated carbocycles. The minimum atomic E-state index is -0.746. The summed E-state index contributed by atoms with van der Waals surface area (Å²) in [6, 6.07) is 8.92. The molecule has 1 unspecified atom stereocenters. The topological polar surface area (TPSA) is 166 Å². The number of ketones is 1. The second-order valence-electron chi connectivity index (χ2n) is 9.32. The Balaban J connectivity index is 1.47. The first-order chi connectivity index (χ1) is 20.8. The van der Waals surface area contributed by atoms with Crippen molar-refractivity contribution in [2.24, 2.45) is 5.73 Å². The lowest BCUT2D eigenvalue weighted by Crippen LogP contribution is -2.38. The SMILES string of the molecule is COc1cc(C2C(C#N)=C(N)N(c3nnc(SCC(=O)Nc4ccc(Cl)cn4)s3)C3=C2C(=O)CCC3)cc(OC)c1OC. The van der Waals surface area contributed by atoms with Crippen molar-refractivity contribution < 1.29 is 23.8 Å². The number of hydrogen-bond acceptors (Lipinski definition) is 13. The van der Waals surface area contributed by atoms with Crippen molar-refractivity contribution in [3.05, 3.63) is 63.7 Å². The van der Waals surface area contributed by atoms with Gasteiger partial charge in [-0.3, -0.25) is 14.5 Å². The lowest BCUT2D eigenvalue weighted by molar-refractivity contribution is -0.116. The summed E-state index contributed by atoms with van der Waals surface area (Å²) in [7, 11) is 4.50. The van der Waals surface area contributed by atoms with E-state index in [1.807, 2.05) is 0 Å². The van der Waals surface area contributed by atoms with Crippen LogP contribution in [0.5, 0.6) is 17.2 Å². The molecule has 5 rings (SSSR count). The lowest BCUT2D eigenvalue weighted by atomic mass is 9.75. The Labute approximate surface area is 260 Å². The Hall–Kier alpha value is -4.32. The molecule has 1 amide bonds. The van der Waals surface area contributed by atoms with E-state index >= 15 is 0 Å². The Bertz CT molecular complexity index is 1660. The summed E-state index contributed by atoms with van der Waals surface area (Å²) in [4.78, 5) is 31.6. The largest absolute Gasteiger partial charge is 0.493 e.